The van der Waals surface area contributed by atoms with E-state index >= 15 is 0 Å². The van der Waals surface area contributed by atoms with Crippen molar-refractivity contribution in [2.45, 2.75) is 57.0 Å². The lowest BCUT2D eigenvalue weighted by Gasteiger charge is -2.34. The Kier molecular flexibility index (Phi) is 6.03. The summed E-state index contributed by atoms with van der Waals surface area (Å²) >= 11 is 2.52. The van der Waals surface area contributed by atoms with Gasteiger partial charge < -0.3 is 9.47 Å². The van der Waals surface area contributed by atoms with Gasteiger partial charge in [0.05, 0.1) is 12.2 Å². The highest BCUT2D eigenvalue weighted by Crippen LogP contribution is 2.33. The molecule has 1 saturated heterocycles. The summed E-state index contributed by atoms with van der Waals surface area (Å²) in [7, 11) is 0. The second kappa shape index (κ2) is 7.29. The molecule has 0 aromatic carbocycles. The van der Waals surface area contributed by atoms with Crippen LogP contribution in [-0.2, 0) is 9.47 Å². The number of hydrogen-bond donors (Lipinski definition) is 0. The van der Waals surface area contributed by atoms with Crippen molar-refractivity contribution in [3.05, 3.63) is 0 Å². The van der Waals surface area contributed by atoms with Crippen LogP contribution in [0.1, 0.15) is 51.4 Å². The Morgan fingerprint density at radius 2 is 1.71 bits per heavy atom. The van der Waals surface area contributed by atoms with Crippen LogP contribution < -0.4 is 0 Å². The van der Waals surface area contributed by atoms with E-state index in [1.165, 1.54) is 51.4 Å². The lowest BCUT2D eigenvalue weighted by Crippen LogP contribution is -2.36. The fraction of sp³-hybridized carbons (Fsp3) is 1.00. The van der Waals surface area contributed by atoms with E-state index in [0.29, 0.717) is 0 Å². The van der Waals surface area contributed by atoms with E-state index in [1.807, 2.05) is 0 Å². The van der Waals surface area contributed by atoms with Crippen molar-refractivity contribution in [2.24, 2.45) is 5.92 Å². The minimum atomic E-state index is 0.204. The topological polar surface area (TPSA) is 18.5 Å². The lowest BCUT2D eigenvalue weighted by atomic mass is 9.95. The average Bonchev–Trinajstić information content (AvgIpc) is 2.64. The maximum absolute atomic E-state index is 6.38. The van der Waals surface area contributed by atoms with Crippen molar-refractivity contribution in [3.8, 4) is 0 Å². The predicted octanol–water partition coefficient (Wildman–Crippen LogP) is 3.96. The fourth-order valence-corrected chi connectivity index (χ4v) is 3.88. The molecular formula is C14H25IO2. The van der Waals surface area contributed by atoms with Crippen molar-refractivity contribution < 1.29 is 9.47 Å². The van der Waals surface area contributed by atoms with Gasteiger partial charge >= 0.3 is 0 Å². The molecule has 0 N–H and O–H groups in total. The highest BCUT2D eigenvalue weighted by atomic mass is 127. The van der Waals surface area contributed by atoms with Crippen LogP contribution in [0.15, 0.2) is 0 Å². The van der Waals surface area contributed by atoms with E-state index in [-0.39, 0.29) is 5.60 Å². The molecule has 0 amide bonds. The molecule has 0 aromatic heterocycles. The molecule has 2 aliphatic rings. The fourth-order valence-electron chi connectivity index (χ4n) is 2.90. The Labute approximate surface area is 119 Å². The second-order valence-corrected chi connectivity index (χ2v) is 6.36. The van der Waals surface area contributed by atoms with Gasteiger partial charge in [0.15, 0.2) is 0 Å². The van der Waals surface area contributed by atoms with E-state index < -0.39 is 0 Å². The zero-order valence-electron chi connectivity index (χ0n) is 10.8. The summed E-state index contributed by atoms with van der Waals surface area (Å²) in [6, 6.07) is 0. The van der Waals surface area contributed by atoms with Crippen LogP contribution in [0.3, 0.4) is 0 Å². The van der Waals surface area contributed by atoms with Gasteiger partial charge in [-0.15, -0.1) is 0 Å². The maximum atomic E-state index is 6.38. The van der Waals surface area contributed by atoms with E-state index in [0.717, 1.165) is 30.2 Å². The molecule has 0 radical (unpaired) electrons. The first kappa shape index (κ1) is 14.1. The van der Waals surface area contributed by atoms with E-state index in [2.05, 4.69) is 22.6 Å². The smallest absolute Gasteiger partial charge is 0.0771 e. The van der Waals surface area contributed by atoms with E-state index in [1.54, 1.807) is 0 Å². The van der Waals surface area contributed by atoms with E-state index in [9.17, 15) is 0 Å². The van der Waals surface area contributed by atoms with Crippen LogP contribution in [-0.4, -0.2) is 29.8 Å². The summed E-state index contributed by atoms with van der Waals surface area (Å²) in [5.74, 6) is 0.742. The van der Waals surface area contributed by atoms with Gasteiger partial charge in [0, 0.05) is 17.6 Å². The van der Waals surface area contributed by atoms with Gasteiger partial charge in [-0.3, -0.25) is 0 Å². The van der Waals surface area contributed by atoms with Crippen LogP contribution in [0, 0.1) is 5.92 Å². The molecule has 1 saturated carbocycles. The number of ether oxygens (including phenoxy) is 2. The van der Waals surface area contributed by atoms with Crippen molar-refractivity contribution in [2.75, 3.05) is 24.2 Å². The number of hydrogen-bond acceptors (Lipinski definition) is 2. The van der Waals surface area contributed by atoms with Crippen LogP contribution in [0.2, 0.25) is 0 Å². The monoisotopic (exact) mass is 352 g/mol. The molecule has 2 nitrogen and oxygen atoms in total. The SMILES string of the molecule is ICC1(OCC2CCOCC2)CCCCCC1. The molecule has 1 aliphatic heterocycles. The molecule has 1 aliphatic carbocycles. The molecule has 0 aromatic rings. The Balaban J connectivity index is 1.80. The largest absolute Gasteiger partial charge is 0.381 e. The van der Waals surface area contributed by atoms with Crippen molar-refractivity contribution in [3.63, 3.8) is 0 Å². The molecule has 0 bridgehead atoms. The molecule has 2 rings (SSSR count). The minimum absolute atomic E-state index is 0.204. The molecule has 1 heterocycles. The summed E-state index contributed by atoms with van der Waals surface area (Å²) in [6.07, 6.45) is 10.5. The standard InChI is InChI=1S/C14H25IO2/c15-12-14(7-3-1-2-4-8-14)17-11-13-5-9-16-10-6-13/h13H,1-12H2. The summed E-state index contributed by atoms with van der Waals surface area (Å²) in [5.41, 5.74) is 0.204. The van der Waals surface area contributed by atoms with Crippen LogP contribution in [0.25, 0.3) is 0 Å². The zero-order chi connectivity index (χ0) is 12.0. The first-order chi connectivity index (χ1) is 8.35. The van der Waals surface area contributed by atoms with Gasteiger partial charge in [-0.2, -0.15) is 0 Å². The molecular weight excluding hydrogens is 327 g/mol. The Morgan fingerprint density at radius 1 is 1.06 bits per heavy atom. The first-order valence-electron chi connectivity index (χ1n) is 7.12. The van der Waals surface area contributed by atoms with E-state index in [4.69, 9.17) is 9.47 Å². The van der Waals surface area contributed by atoms with Gasteiger partial charge in [-0.05, 0) is 31.6 Å². The molecule has 2 fully saturated rings. The van der Waals surface area contributed by atoms with Crippen LogP contribution in [0.4, 0.5) is 0 Å². The zero-order valence-corrected chi connectivity index (χ0v) is 12.9. The van der Waals surface area contributed by atoms with Crippen LogP contribution >= 0.6 is 22.6 Å². The van der Waals surface area contributed by atoms with Gasteiger partial charge in [-0.1, -0.05) is 48.3 Å². The maximum Gasteiger partial charge on any atom is 0.0771 e. The van der Waals surface area contributed by atoms with Crippen molar-refractivity contribution in [1.29, 1.82) is 0 Å². The van der Waals surface area contributed by atoms with Gasteiger partial charge in [0.1, 0.15) is 0 Å². The molecule has 17 heavy (non-hydrogen) atoms. The second-order valence-electron chi connectivity index (χ2n) is 5.60. The van der Waals surface area contributed by atoms with Gasteiger partial charge in [0.2, 0.25) is 0 Å². The number of rotatable bonds is 4. The van der Waals surface area contributed by atoms with Crippen molar-refractivity contribution >= 4 is 22.6 Å². The predicted molar refractivity (Wildman–Crippen MR) is 78.8 cm³/mol. The average molecular weight is 352 g/mol. The highest BCUT2D eigenvalue weighted by Gasteiger charge is 2.31. The highest BCUT2D eigenvalue weighted by molar-refractivity contribution is 14.1. The molecule has 0 unspecified atom stereocenters. The normalized spacial score (nSPS) is 26.6. The summed E-state index contributed by atoms with van der Waals surface area (Å²) in [6.45, 7) is 2.84. The Bertz CT molecular complexity index is 206. The molecule has 3 heteroatoms. The quantitative estimate of drug-likeness (QED) is 0.433. The molecule has 0 atom stereocenters. The lowest BCUT2D eigenvalue weighted by molar-refractivity contribution is -0.0683. The summed E-state index contributed by atoms with van der Waals surface area (Å²) in [4.78, 5) is 0. The first-order valence-corrected chi connectivity index (χ1v) is 8.65. The Hall–Kier alpha value is 0.650. The third-order valence-corrected chi connectivity index (χ3v) is 5.61. The van der Waals surface area contributed by atoms with Gasteiger partial charge in [-0.25, -0.2) is 0 Å². The number of halogens is 1. The van der Waals surface area contributed by atoms with Crippen molar-refractivity contribution in [1.82, 2.24) is 0 Å². The van der Waals surface area contributed by atoms with Crippen LogP contribution in [0.5, 0.6) is 0 Å². The minimum Gasteiger partial charge on any atom is -0.381 e. The summed E-state index contributed by atoms with van der Waals surface area (Å²) in [5, 5.41) is 0. The molecule has 100 valence electrons. The molecule has 0 spiro atoms. The third kappa shape index (κ3) is 4.35. The Morgan fingerprint density at radius 3 is 2.29 bits per heavy atom. The number of alkyl halides is 1. The van der Waals surface area contributed by atoms with Gasteiger partial charge in [0.25, 0.3) is 0 Å². The summed E-state index contributed by atoms with van der Waals surface area (Å²) < 4.78 is 12.9. The third-order valence-electron chi connectivity index (χ3n) is 4.22.